The number of amides is 1. The lowest BCUT2D eigenvalue weighted by Crippen LogP contribution is -2.35. The number of nitrogens with one attached hydrogen (secondary N) is 2. The second-order valence-corrected chi connectivity index (χ2v) is 5.87. The normalized spacial score (nSPS) is 18.5. The summed E-state index contributed by atoms with van der Waals surface area (Å²) in [6.07, 6.45) is 4.91. The molecule has 0 radical (unpaired) electrons. The number of aromatic nitrogens is 1. The van der Waals surface area contributed by atoms with Gasteiger partial charge in [0.15, 0.2) is 0 Å². The molecular weight excluding hydrogens is 321 g/mol. The van der Waals surface area contributed by atoms with Gasteiger partial charge in [0, 0.05) is 24.9 Å². The Labute approximate surface area is 145 Å². The van der Waals surface area contributed by atoms with E-state index in [1.54, 1.807) is 0 Å². The van der Waals surface area contributed by atoms with E-state index in [0.29, 0.717) is 24.8 Å². The Hall–Kier alpha value is -0.840. The van der Waals surface area contributed by atoms with Crippen molar-refractivity contribution in [2.75, 3.05) is 13.1 Å². The van der Waals surface area contributed by atoms with Crippen LogP contribution in [0.5, 0.6) is 0 Å². The number of hydrogen-bond acceptors (Lipinski definition) is 3. The number of halogens is 2. The lowest BCUT2D eigenvalue weighted by molar-refractivity contribution is -0.122. The van der Waals surface area contributed by atoms with Crippen molar-refractivity contribution in [1.29, 1.82) is 0 Å². The zero-order chi connectivity index (χ0) is 14.4. The molecule has 1 fully saturated rings. The molecule has 2 N–H and O–H groups in total. The Morgan fingerprint density at radius 3 is 2.82 bits per heavy atom. The molecule has 2 rings (SSSR count). The van der Waals surface area contributed by atoms with Gasteiger partial charge in [-0.15, -0.1) is 24.8 Å². The van der Waals surface area contributed by atoms with Gasteiger partial charge in [0.25, 0.3) is 0 Å². The van der Waals surface area contributed by atoms with Crippen LogP contribution in [0.4, 0.5) is 0 Å². The van der Waals surface area contributed by atoms with Gasteiger partial charge in [0.1, 0.15) is 0 Å². The summed E-state index contributed by atoms with van der Waals surface area (Å²) in [5, 5.41) is 6.40. The van der Waals surface area contributed by atoms with Crippen LogP contribution in [0.25, 0.3) is 0 Å². The lowest BCUT2D eigenvalue weighted by Gasteiger charge is -2.28. The maximum atomic E-state index is 12.0. The summed E-state index contributed by atoms with van der Waals surface area (Å²) in [7, 11) is 0. The number of nitrogens with zero attached hydrogens (tertiary/aromatic N) is 1. The predicted molar refractivity (Wildman–Crippen MR) is 94.7 cm³/mol. The van der Waals surface area contributed by atoms with E-state index in [0.717, 1.165) is 24.3 Å². The molecule has 1 aliphatic heterocycles. The fraction of sp³-hybridized carbons (Fsp3) is 0.625. The van der Waals surface area contributed by atoms with Gasteiger partial charge >= 0.3 is 0 Å². The molecule has 0 saturated carbocycles. The van der Waals surface area contributed by atoms with Crippen molar-refractivity contribution in [3.05, 3.63) is 29.6 Å². The summed E-state index contributed by atoms with van der Waals surface area (Å²) in [5.41, 5.74) is 2.05. The van der Waals surface area contributed by atoms with E-state index in [1.165, 1.54) is 12.8 Å². The molecule has 4 nitrogen and oxygen atoms in total. The molecule has 0 aliphatic carbocycles. The van der Waals surface area contributed by atoms with Crippen molar-refractivity contribution in [2.45, 2.75) is 39.7 Å². The first-order valence-corrected chi connectivity index (χ1v) is 7.54. The summed E-state index contributed by atoms with van der Waals surface area (Å²) in [6.45, 7) is 6.89. The molecule has 2 unspecified atom stereocenters. The third-order valence-corrected chi connectivity index (χ3v) is 4.11. The number of hydrogen-bond donors (Lipinski definition) is 2. The van der Waals surface area contributed by atoms with Crippen molar-refractivity contribution in [1.82, 2.24) is 15.6 Å². The number of carbonyl (C=O) groups excluding carboxylic acids is 1. The van der Waals surface area contributed by atoms with Crippen molar-refractivity contribution >= 4 is 30.7 Å². The summed E-state index contributed by atoms with van der Waals surface area (Å²) < 4.78 is 0. The molecule has 0 bridgehead atoms. The SMILES string of the molecule is Cc1ccc(CNC(=O)CC(C)C2CCCNC2)cn1.Cl.Cl. The molecule has 1 aromatic heterocycles. The molecule has 2 atom stereocenters. The molecule has 6 heteroatoms. The van der Waals surface area contributed by atoms with Crippen LogP contribution in [0.1, 0.15) is 37.4 Å². The highest BCUT2D eigenvalue weighted by molar-refractivity contribution is 5.85. The summed E-state index contributed by atoms with van der Waals surface area (Å²) >= 11 is 0. The molecule has 1 aliphatic rings. The molecule has 1 aromatic rings. The van der Waals surface area contributed by atoms with Crippen LogP contribution in [-0.2, 0) is 11.3 Å². The van der Waals surface area contributed by atoms with Crippen LogP contribution in [0.3, 0.4) is 0 Å². The maximum absolute atomic E-state index is 12.0. The Kier molecular flexibility index (Phi) is 10.4. The lowest BCUT2D eigenvalue weighted by atomic mass is 9.85. The summed E-state index contributed by atoms with van der Waals surface area (Å²) in [5.74, 6) is 1.22. The average molecular weight is 348 g/mol. The molecule has 0 aromatic carbocycles. The number of carbonyl (C=O) groups is 1. The van der Waals surface area contributed by atoms with E-state index in [2.05, 4.69) is 22.5 Å². The number of pyridine rings is 1. The largest absolute Gasteiger partial charge is 0.352 e. The van der Waals surface area contributed by atoms with Gasteiger partial charge in [0.2, 0.25) is 5.91 Å². The first-order chi connectivity index (χ1) is 9.65. The molecule has 22 heavy (non-hydrogen) atoms. The predicted octanol–water partition coefficient (Wildman–Crippen LogP) is 2.88. The number of piperidine rings is 1. The van der Waals surface area contributed by atoms with Gasteiger partial charge < -0.3 is 10.6 Å². The van der Waals surface area contributed by atoms with E-state index in [-0.39, 0.29) is 30.7 Å². The Morgan fingerprint density at radius 1 is 1.45 bits per heavy atom. The molecule has 0 spiro atoms. The zero-order valence-corrected chi connectivity index (χ0v) is 14.9. The second-order valence-electron chi connectivity index (χ2n) is 5.87. The van der Waals surface area contributed by atoms with E-state index in [4.69, 9.17) is 0 Å². The van der Waals surface area contributed by atoms with Gasteiger partial charge in [-0.05, 0) is 56.3 Å². The molecule has 1 amide bonds. The van der Waals surface area contributed by atoms with Gasteiger partial charge in [-0.3, -0.25) is 9.78 Å². The smallest absolute Gasteiger partial charge is 0.220 e. The fourth-order valence-corrected chi connectivity index (χ4v) is 2.70. The number of aryl methyl sites for hydroxylation is 1. The Balaban J connectivity index is 0.00000220. The highest BCUT2D eigenvalue weighted by Crippen LogP contribution is 2.22. The molecule has 1 saturated heterocycles. The third-order valence-electron chi connectivity index (χ3n) is 4.11. The highest BCUT2D eigenvalue weighted by Gasteiger charge is 2.21. The van der Waals surface area contributed by atoms with Crippen LogP contribution in [0.15, 0.2) is 18.3 Å². The standard InChI is InChI=1S/C16H25N3O.2ClH/c1-12(15-4-3-7-17-11-15)8-16(20)19-10-14-6-5-13(2)18-9-14;;/h5-6,9,12,15,17H,3-4,7-8,10-11H2,1-2H3,(H,19,20);2*1H. The van der Waals surface area contributed by atoms with Crippen LogP contribution < -0.4 is 10.6 Å². The van der Waals surface area contributed by atoms with Gasteiger partial charge in [0.05, 0.1) is 0 Å². The van der Waals surface area contributed by atoms with E-state index < -0.39 is 0 Å². The highest BCUT2D eigenvalue weighted by atomic mass is 35.5. The Bertz CT molecular complexity index is 434. The van der Waals surface area contributed by atoms with Crippen molar-refractivity contribution in [3.8, 4) is 0 Å². The average Bonchev–Trinajstić information content (AvgIpc) is 2.47. The molecular formula is C16H27Cl2N3O. The first-order valence-electron chi connectivity index (χ1n) is 7.54. The third kappa shape index (κ3) is 6.95. The minimum atomic E-state index is 0. The quantitative estimate of drug-likeness (QED) is 0.860. The van der Waals surface area contributed by atoms with Crippen LogP contribution in [0, 0.1) is 18.8 Å². The summed E-state index contributed by atoms with van der Waals surface area (Å²) in [4.78, 5) is 16.2. The minimum Gasteiger partial charge on any atom is -0.352 e. The van der Waals surface area contributed by atoms with Crippen molar-refractivity contribution < 1.29 is 4.79 Å². The molecule has 2 heterocycles. The second kappa shape index (κ2) is 10.8. The fourth-order valence-electron chi connectivity index (χ4n) is 2.70. The van der Waals surface area contributed by atoms with Crippen LogP contribution in [0.2, 0.25) is 0 Å². The Morgan fingerprint density at radius 2 is 2.23 bits per heavy atom. The van der Waals surface area contributed by atoms with Crippen LogP contribution in [-0.4, -0.2) is 24.0 Å². The van der Waals surface area contributed by atoms with Gasteiger partial charge in [-0.1, -0.05) is 13.0 Å². The topological polar surface area (TPSA) is 54.0 Å². The van der Waals surface area contributed by atoms with E-state index in [9.17, 15) is 4.79 Å². The summed E-state index contributed by atoms with van der Waals surface area (Å²) in [6, 6.07) is 3.98. The van der Waals surface area contributed by atoms with Crippen molar-refractivity contribution in [3.63, 3.8) is 0 Å². The minimum absolute atomic E-state index is 0. The van der Waals surface area contributed by atoms with Gasteiger partial charge in [-0.25, -0.2) is 0 Å². The van der Waals surface area contributed by atoms with Crippen LogP contribution >= 0.6 is 24.8 Å². The molecule has 126 valence electrons. The van der Waals surface area contributed by atoms with E-state index >= 15 is 0 Å². The van der Waals surface area contributed by atoms with E-state index in [1.807, 2.05) is 25.3 Å². The zero-order valence-electron chi connectivity index (χ0n) is 13.3. The maximum Gasteiger partial charge on any atom is 0.220 e. The number of rotatable bonds is 5. The van der Waals surface area contributed by atoms with Crippen molar-refractivity contribution in [2.24, 2.45) is 11.8 Å². The first kappa shape index (κ1) is 21.2. The van der Waals surface area contributed by atoms with Gasteiger partial charge in [-0.2, -0.15) is 0 Å². The monoisotopic (exact) mass is 347 g/mol.